The van der Waals surface area contributed by atoms with Gasteiger partial charge in [0.05, 0.1) is 12.7 Å². The number of benzene rings is 3. The van der Waals surface area contributed by atoms with Gasteiger partial charge < -0.3 is 24.1 Å². The van der Waals surface area contributed by atoms with Crippen LogP contribution >= 0.6 is 0 Å². The summed E-state index contributed by atoms with van der Waals surface area (Å²) in [4.78, 5) is 0. The minimum atomic E-state index is -0.813. The first-order chi connectivity index (χ1) is 17.5. The Morgan fingerprint density at radius 2 is 1.19 bits per heavy atom. The second kappa shape index (κ2) is 10.8. The van der Waals surface area contributed by atoms with Crippen molar-refractivity contribution in [2.24, 2.45) is 0 Å². The fraction of sp³-hybridized carbons (Fsp3) is 0.419. The van der Waals surface area contributed by atoms with Gasteiger partial charge in [0.15, 0.2) is 5.79 Å². The van der Waals surface area contributed by atoms with E-state index in [1.165, 1.54) is 0 Å². The number of hydrogen-bond acceptors (Lipinski definition) is 5. The van der Waals surface area contributed by atoms with Gasteiger partial charge in [0.2, 0.25) is 0 Å². The lowest BCUT2D eigenvalue weighted by Crippen LogP contribution is -2.39. The highest BCUT2D eigenvalue weighted by Crippen LogP contribution is 2.44. The van der Waals surface area contributed by atoms with E-state index >= 15 is 0 Å². The van der Waals surface area contributed by atoms with Crippen molar-refractivity contribution >= 4 is 0 Å². The molecule has 36 heavy (non-hydrogen) atoms. The number of hydrogen-bond donors (Lipinski definition) is 1. The Morgan fingerprint density at radius 1 is 0.722 bits per heavy atom. The average Bonchev–Trinajstić information content (AvgIpc) is 3.39. The molecular weight excluding hydrogens is 452 g/mol. The predicted octanol–water partition coefficient (Wildman–Crippen LogP) is 5.45. The molecule has 3 aromatic rings. The van der Waals surface area contributed by atoms with E-state index in [2.05, 4.69) is 72.8 Å². The highest BCUT2D eigenvalue weighted by Gasteiger charge is 2.55. The molecule has 1 N–H and O–H groups in total. The SMILES string of the molecule is CC1(C)OC2C(CCCCO)OC(COC(c3ccccc3)(c3ccccc3)c3ccccc3)C2O1. The zero-order valence-corrected chi connectivity index (χ0v) is 21.1. The predicted molar refractivity (Wildman–Crippen MR) is 139 cm³/mol. The zero-order chi connectivity index (χ0) is 25.0. The summed E-state index contributed by atoms with van der Waals surface area (Å²) >= 11 is 0. The van der Waals surface area contributed by atoms with Gasteiger partial charge in [0.1, 0.15) is 23.9 Å². The summed E-state index contributed by atoms with van der Waals surface area (Å²) < 4.78 is 26.1. The van der Waals surface area contributed by atoms with Crippen LogP contribution in [0, 0.1) is 0 Å². The molecule has 2 aliphatic heterocycles. The van der Waals surface area contributed by atoms with Gasteiger partial charge in [0, 0.05) is 6.61 Å². The Labute approximate surface area is 214 Å². The van der Waals surface area contributed by atoms with Crippen LogP contribution < -0.4 is 0 Å². The normalized spacial score (nSPS) is 25.1. The topological polar surface area (TPSA) is 57.2 Å². The van der Waals surface area contributed by atoms with E-state index in [4.69, 9.17) is 18.9 Å². The van der Waals surface area contributed by atoms with Crippen molar-refractivity contribution in [3.05, 3.63) is 108 Å². The van der Waals surface area contributed by atoms with E-state index in [0.29, 0.717) is 6.61 Å². The molecule has 3 aromatic carbocycles. The van der Waals surface area contributed by atoms with Crippen molar-refractivity contribution in [1.82, 2.24) is 0 Å². The van der Waals surface area contributed by atoms with E-state index in [-0.39, 0.29) is 31.0 Å². The summed E-state index contributed by atoms with van der Waals surface area (Å²) in [6.07, 6.45) is 1.73. The van der Waals surface area contributed by atoms with Crippen LogP contribution in [0.25, 0.3) is 0 Å². The van der Waals surface area contributed by atoms with Gasteiger partial charge in [-0.2, -0.15) is 0 Å². The maximum atomic E-state index is 9.24. The number of fused-ring (bicyclic) bond motifs is 1. The Bertz CT molecular complexity index is 989. The standard InChI is InChI=1S/C31H36O5/c1-30(2)35-28-26(20-12-13-21-32)34-27(29(28)36-30)22-33-31(23-14-6-3-7-15-23,24-16-8-4-9-17-24)25-18-10-5-11-19-25/h3-11,14-19,26-29,32H,12-13,20-22H2,1-2H3. The second-order valence-corrected chi connectivity index (χ2v) is 10.1. The third kappa shape index (κ3) is 4.99. The molecule has 4 atom stereocenters. The number of rotatable bonds is 10. The summed E-state index contributed by atoms with van der Waals surface area (Å²) in [5, 5.41) is 9.24. The third-order valence-corrected chi connectivity index (χ3v) is 7.15. The van der Waals surface area contributed by atoms with Gasteiger partial charge in [0.25, 0.3) is 0 Å². The molecule has 2 fully saturated rings. The van der Waals surface area contributed by atoms with E-state index < -0.39 is 11.4 Å². The molecule has 0 spiro atoms. The van der Waals surface area contributed by atoms with Crippen molar-refractivity contribution in [3.8, 4) is 0 Å². The van der Waals surface area contributed by atoms with E-state index in [1.54, 1.807) is 0 Å². The lowest BCUT2D eigenvalue weighted by molar-refractivity contribution is -0.196. The Hall–Kier alpha value is -2.54. The first kappa shape index (κ1) is 25.1. The van der Waals surface area contributed by atoms with Crippen LogP contribution in [0.4, 0.5) is 0 Å². The number of aliphatic hydroxyl groups is 1. The number of ether oxygens (including phenoxy) is 4. The van der Waals surface area contributed by atoms with Crippen LogP contribution in [0.1, 0.15) is 49.8 Å². The van der Waals surface area contributed by atoms with Crippen LogP contribution in [0.5, 0.6) is 0 Å². The molecule has 190 valence electrons. The Balaban J connectivity index is 1.49. The lowest BCUT2D eigenvalue weighted by Gasteiger charge is -2.37. The molecule has 0 aromatic heterocycles. The summed E-state index contributed by atoms with van der Waals surface area (Å²) in [5.41, 5.74) is 2.35. The van der Waals surface area contributed by atoms with Gasteiger partial charge in [-0.3, -0.25) is 0 Å². The van der Waals surface area contributed by atoms with Crippen molar-refractivity contribution in [2.45, 2.75) is 68.9 Å². The highest BCUT2D eigenvalue weighted by molar-refractivity contribution is 5.47. The molecule has 0 amide bonds. The van der Waals surface area contributed by atoms with Crippen molar-refractivity contribution in [3.63, 3.8) is 0 Å². The molecule has 2 heterocycles. The molecule has 0 bridgehead atoms. The Kier molecular flexibility index (Phi) is 7.56. The summed E-state index contributed by atoms with van der Waals surface area (Å²) in [6, 6.07) is 31.1. The maximum absolute atomic E-state index is 9.24. The van der Waals surface area contributed by atoms with E-state index in [1.807, 2.05) is 32.0 Å². The minimum absolute atomic E-state index is 0.0866. The second-order valence-electron chi connectivity index (χ2n) is 10.1. The molecular formula is C31H36O5. The van der Waals surface area contributed by atoms with Crippen molar-refractivity contribution in [1.29, 1.82) is 0 Å². The molecule has 4 unspecified atom stereocenters. The van der Waals surface area contributed by atoms with E-state index in [0.717, 1.165) is 36.0 Å². The first-order valence-electron chi connectivity index (χ1n) is 13.0. The monoisotopic (exact) mass is 488 g/mol. The number of aliphatic hydroxyl groups excluding tert-OH is 1. The first-order valence-corrected chi connectivity index (χ1v) is 13.0. The molecule has 0 radical (unpaired) electrons. The molecule has 0 saturated carbocycles. The van der Waals surface area contributed by atoms with Gasteiger partial charge in [-0.15, -0.1) is 0 Å². The molecule has 5 heteroatoms. The van der Waals surface area contributed by atoms with Crippen molar-refractivity contribution in [2.75, 3.05) is 13.2 Å². The van der Waals surface area contributed by atoms with Crippen LogP contribution in [-0.2, 0) is 24.5 Å². The van der Waals surface area contributed by atoms with Crippen LogP contribution in [0.15, 0.2) is 91.0 Å². The maximum Gasteiger partial charge on any atom is 0.164 e. The van der Waals surface area contributed by atoms with Crippen LogP contribution in [0.2, 0.25) is 0 Å². The third-order valence-electron chi connectivity index (χ3n) is 7.15. The summed E-state index contributed by atoms with van der Waals surface area (Å²) in [6.45, 7) is 4.44. The molecule has 5 nitrogen and oxygen atoms in total. The summed E-state index contributed by atoms with van der Waals surface area (Å²) in [7, 11) is 0. The average molecular weight is 489 g/mol. The van der Waals surface area contributed by atoms with Crippen LogP contribution in [0.3, 0.4) is 0 Å². The fourth-order valence-electron chi connectivity index (χ4n) is 5.57. The van der Waals surface area contributed by atoms with Gasteiger partial charge in [-0.05, 0) is 49.8 Å². The number of unbranched alkanes of at least 4 members (excludes halogenated alkanes) is 1. The fourth-order valence-corrected chi connectivity index (χ4v) is 5.57. The zero-order valence-electron chi connectivity index (χ0n) is 21.1. The largest absolute Gasteiger partial charge is 0.396 e. The van der Waals surface area contributed by atoms with Gasteiger partial charge in [-0.1, -0.05) is 91.0 Å². The van der Waals surface area contributed by atoms with Gasteiger partial charge >= 0.3 is 0 Å². The lowest BCUT2D eigenvalue weighted by atomic mass is 9.80. The van der Waals surface area contributed by atoms with Crippen molar-refractivity contribution < 1.29 is 24.1 Å². The van der Waals surface area contributed by atoms with E-state index in [9.17, 15) is 5.11 Å². The quantitative estimate of drug-likeness (QED) is 0.304. The van der Waals surface area contributed by atoms with Gasteiger partial charge in [-0.25, -0.2) is 0 Å². The smallest absolute Gasteiger partial charge is 0.164 e. The Morgan fingerprint density at radius 3 is 1.67 bits per heavy atom. The molecule has 5 rings (SSSR count). The minimum Gasteiger partial charge on any atom is -0.396 e. The summed E-state index contributed by atoms with van der Waals surface area (Å²) in [5.74, 6) is -0.665. The molecule has 0 aliphatic carbocycles. The molecule has 2 saturated heterocycles. The van der Waals surface area contributed by atoms with Crippen LogP contribution in [-0.4, -0.2) is 48.5 Å². The highest BCUT2D eigenvalue weighted by atomic mass is 16.8. The molecule has 2 aliphatic rings.